The van der Waals surface area contributed by atoms with Gasteiger partial charge in [0.1, 0.15) is 6.26 Å². The van der Waals surface area contributed by atoms with Crippen LogP contribution in [0, 0.1) is 0 Å². The molecule has 0 bridgehead atoms. The Balaban J connectivity index is 1.38. The Labute approximate surface area is 144 Å². The monoisotopic (exact) mass is 351 g/mol. The van der Waals surface area contributed by atoms with E-state index in [1.54, 1.807) is 15.9 Å². The number of hydrogen-bond acceptors (Lipinski definition) is 5. The van der Waals surface area contributed by atoms with Crippen molar-refractivity contribution in [2.75, 3.05) is 31.9 Å². The highest BCUT2D eigenvalue weighted by molar-refractivity contribution is 8.13. The van der Waals surface area contributed by atoms with Crippen LogP contribution < -0.4 is 5.32 Å². The van der Waals surface area contributed by atoms with Crippen molar-refractivity contribution in [1.82, 2.24) is 15.1 Å². The highest BCUT2D eigenvalue weighted by Gasteiger charge is 2.26. The average molecular weight is 351 g/mol. The molecule has 8 heteroatoms. The lowest BCUT2D eigenvalue weighted by Gasteiger charge is -2.32. The van der Waals surface area contributed by atoms with Crippen LogP contribution in [-0.2, 0) is 4.79 Å². The standard InChI is InChI=1S/C16H21N3O4S/c20-14(3-7-19-8-10-24-16(19)22)17-13-1-5-18(6-2-13)15(21)12-4-9-23-11-12/h4,9,11,13H,1-3,5-8,10H2,(H,17,20). The smallest absolute Gasteiger partial charge is 0.281 e. The van der Waals surface area contributed by atoms with Crippen molar-refractivity contribution < 1.29 is 18.8 Å². The summed E-state index contributed by atoms with van der Waals surface area (Å²) in [5, 5.41) is 3.08. The number of nitrogens with zero attached hydrogens (tertiary/aromatic N) is 2. The van der Waals surface area contributed by atoms with Gasteiger partial charge in [0.15, 0.2) is 0 Å². The van der Waals surface area contributed by atoms with E-state index in [0.29, 0.717) is 31.6 Å². The summed E-state index contributed by atoms with van der Waals surface area (Å²) in [6.07, 6.45) is 4.76. The predicted molar refractivity (Wildman–Crippen MR) is 89.8 cm³/mol. The van der Waals surface area contributed by atoms with E-state index in [4.69, 9.17) is 4.42 Å². The van der Waals surface area contributed by atoms with Crippen LogP contribution in [0.25, 0.3) is 0 Å². The molecule has 0 aliphatic carbocycles. The maximum absolute atomic E-state index is 12.2. The molecular formula is C16H21N3O4S. The molecule has 3 rings (SSSR count). The van der Waals surface area contributed by atoms with Gasteiger partial charge < -0.3 is 19.5 Å². The van der Waals surface area contributed by atoms with Crippen molar-refractivity contribution in [1.29, 1.82) is 0 Å². The third-order valence-corrected chi connectivity index (χ3v) is 5.26. The second-order valence-electron chi connectivity index (χ2n) is 6.00. The fraction of sp³-hybridized carbons (Fsp3) is 0.562. The Morgan fingerprint density at radius 3 is 2.71 bits per heavy atom. The van der Waals surface area contributed by atoms with E-state index in [1.807, 2.05) is 0 Å². The molecule has 0 radical (unpaired) electrons. The van der Waals surface area contributed by atoms with Crippen molar-refractivity contribution >= 4 is 28.8 Å². The zero-order chi connectivity index (χ0) is 16.9. The van der Waals surface area contributed by atoms with E-state index in [-0.39, 0.29) is 23.1 Å². The number of nitrogens with one attached hydrogen (secondary N) is 1. The molecule has 1 aromatic heterocycles. The van der Waals surface area contributed by atoms with Crippen LogP contribution in [0.5, 0.6) is 0 Å². The molecule has 2 aliphatic rings. The summed E-state index contributed by atoms with van der Waals surface area (Å²) in [5.74, 6) is 0.752. The zero-order valence-electron chi connectivity index (χ0n) is 13.4. The number of carbonyl (C=O) groups excluding carboxylic acids is 3. The fourth-order valence-corrected chi connectivity index (χ4v) is 3.81. The summed E-state index contributed by atoms with van der Waals surface area (Å²) in [7, 11) is 0. The maximum Gasteiger partial charge on any atom is 0.281 e. The molecule has 130 valence electrons. The van der Waals surface area contributed by atoms with Crippen LogP contribution >= 0.6 is 11.8 Å². The number of likely N-dealkylation sites (tertiary alicyclic amines) is 1. The largest absolute Gasteiger partial charge is 0.472 e. The lowest BCUT2D eigenvalue weighted by atomic mass is 10.0. The third kappa shape index (κ3) is 4.11. The minimum atomic E-state index is -0.0291. The average Bonchev–Trinajstić information content (AvgIpc) is 3.25. The molecule has 0 spiro atoms. The van der Waals surface area contributed by atoms with Gasteiger partial charge in [0.05, 0.1) is 11.8 Å². The normalized spacial score (nSPS) is 18.9. The number of thioether (sulfide) groups is 1. The van der Waals surface area contributed by atoms with Gasteiger partial charge in [-0.15, -0.1) is 0 Å². The first-order valence-electron chi connectivity index (χ1n) is 8.16. The predicted octanol–water partition coefficient (Wildman–Crippen LogP) is 1.56. The minimum absolute atomic E-state index is 0.0284. The molecule has 3 amide bonds. The molecule has 1 aromatic rings. The number of hydrogen-bond donors (Lipinski definition) is 1. The number of piperidine rings is 1. The van der Waals surface area contributed by atoms with Gasteiger partial charge in [0.25, 0.3) is 11.1 Å². The molecule has 0 atom stereocenters. The highest BCUT2D eigenvalue weighted by Crippen LogP contribution is 2.17. The Morgan fingerprint density at radius 2 is 2.08 bits per heavy atom. The Bertz CT molecular complexity index is 596. The lowest BCUT2D eigenvalue weighted by molar-refractivity contribution is -0.122. The molecule has 0 aromatic carbocycles. The number of furan rings is 1. The highest BCUT2D eigenvalue weighted by atomic mass is 32.2. The summed E-state index contributed by atoms with van der Waals surface area (Å²) >= 11 is 1.31. The molecular weight excluding hydrogens is 330 g/mol. The Morgan fingerprint density at radius 1 is 1.29 bits per heavy atom. The van der Waals surface area contributed by atoms with E-state index in [9.17, 15) is 14.4 Å². The molecule has 7 nitrogen and oxygen atoms in total. The first kappa shape index (κ1) is 16.9. The van der Waals surface area contributed by atoms with Crippen LogP contribution in [0.4, 0.5) is 4.79 Å². The Hall–Kier alpha value is -1.96. The van der Waals surface area contributed by atoms with Gasteiger partial charge in [-0.25, -0.2) is 0 Å². The van der Waals surface area contributed by atoms with Crippen LogP contribution in [0.15, 0.2) is 23.0 Å². The zero-order valence-corrected chi connectivity index (χ0v) is 14.2. The SMILES string of the molecule is O=C(CCN1CCSC1=O)NC1CCN(C(=O)c2ccoc2)CC1. The summed E-state index contributed by atoms with van der Waals surface area (Å²) < 4.78 is 4.94. The van der Waals surface area contributed by atoms with Crippen molar-refractivity contribution in [3.8, 4) is 0 Å². The summed E-state index contributed by atoms with van der Waals surface area (Å²) in [6, 6.07) is 1.75. The van der Waals surface area contributed by atoms with Gasteiger partial charge in [0.2, 0.25) is 5.91 Å². The third-order valence-electron chi connectivity index (χ3n) is 4.37. The molecule has 3 heterocycles. The van der Waals surface area contributed by atoms with E-state index in [1.165, 1.54) is 24.3 Å². The van der Waals surface area contributed by atoms with Gasteiger partial charge >= 0.3 is 0 Å². The van der Waals surface area contributed by atoms with Crippen molar-refractivity contribution in [3.05, 3.63) is 24.2 Å². The molecule has 0 saturated carbocycles. The quantitative estimate of drug-likeness (QED) is 0.870. The van der Waals surface area contributed by atoms with Gasteiger partial charge in [-0.05, 0) is 18.9 Å². The first-order valence-corrected chi connectivity index (χ1v) is 9.14. The molecule has 0 unspecified atom stereocenters. The van der Waals surface area contributed by atoms with E-state index in [0.717, 1.165) is 25.1 Å². The van der Waals surface area contributed by atoms with Crippen LogP contribution in [0.1, 0.15) is 29.6 Å². The second kappa shape index (κ2) is 7.74. The van der Waals surface area contributed by atoms with E-state index < -0.39 is 0 Å². The summed E-state index contributed by atoms with van der Waals surface area (Å²) in [5.41, 5.74) is 0.561. The van der Waals surface area contributed by atoms with E-state index in [2.05, 4.69) is 5.32 Å². The second-order valence-corrected chi connectivity index (χ2v) is 7.04. The Kier molecular flexibility index (Phi) is 5.44. The van der Waals surface area contributed by atoms with Gasteiger partial charge in [-0.2, -0.15) is 0 Å². The number of amides is 3. The van der Waals surface area contributed by atoms with Crippen molar-refractivity contribution in [2.24, 2.45) is 0 Å². The van der Waals surface area contributed by atoms with Gasteiger partial charge in [-0.3, -0.25) is 14.4 Å². The molecule has 24 heavy (non-hydrogen) atoms. The van der Waals surface area contributed by atoms with Crippen molar-refractivity contribution in [2.45, 2.75) is 25.3 Å². The maximum atomic E-state index is 12.2. The van der Waals surface area contributed by atoms with Gasteiger partial charge in [0, 0.05) is 44.4 Å². The van der Waals surface area contributed by atoms with Crippen LogP contribution in [0.3, 0.4) is 0 Å². The van der Waals surface area contributed by atoms with Gasteiger partial charge in [-0.1, -0.05) is 11.8 Å². The van der Waals surface area contributed by atoms with Crippen molar-refractivity contribution in [3.63, 3.8) is 0 Å². The first-order chi connectivity index (χ1) is 11.6. The lowest BCUT2D eigenvalue weighted by Crippen LogP contribution is -2.47. The topological polar surface area (TPSA) is 82.9 Å². The van der Waals surface area contributed by atoms with E-state index >= 15 is 0 Å². The molecule has 2 saturated heterocycles. The van der Waals surface area contributed by atoms with Crippen LogP contribution in [0.2, 0.25) is 0 Å². The number of rotatable bonds is 5. The summed E-state index contributed by atoms with van der Waals surface area (Å²) in [4.78, 5) is 39.2. The molecule has 2 fully saturated rings. The molecule has 1 N–H and O–H groups in total. The number of carbonyl (C=O) groups is 3. The summed E-state index contributed by atoms with van der Waals surface area (Å²) in [6.45, 7) is 2.45. The molecule has 2 aliphatic heterocycles. The van der Waals surface area contributed by atoms with Crippen LogP contribution in [-0.4, -0.2) is 64.8 Å². The fourth-order valence-electron chi connectivity index (χ4n) is 2.96. The minimum Gasteiger partial charge on any atom is -0.472 e.